The summed E-state index contributed by atoms with van der Waals surface area (Å²) in [4.78, 5) is 53.1. The molecule has 1 amide bonds. The summed E-state index contributed by atoms with van der Waals surface area (Å²) < 4.78 is 26.5. The highest BCUT2D eigenvalue weighted by Crippen LogP contribution is 2.31. The highest BCUT2D eigenvalue weighted by atomic mass is 32.2. The van der Waals surface area contributed by atoms with Crippen LogP contribution in [0.4, 0.5) is 9.59 Å². The van der Waals surface area contributed by atoms with Crippen LogP contribution in [0.25, 0.3) is 0 Å². The number of aliphatic imine (C=N–C) groups is 1. The van der Waals surface area contributed by atoms with Crippen molar-refractivity contribution >= 4 is 41.4 Å². The van der Waals surface area contributed by atoms with Gasteiger partial charge >= 0.3 is 18.1 Å². The molecule has 13 nitrogen and oxygen atoms in total. The maximum atomic E-state index is 12.8. The Kier molecular flexibility index (Phi) is 9.28. The van der Waals surface area contributed by atoms with Crippen LogP contribution >= 0.6 is 11.8 Å². The second-order valence-electron chi connectivity index (χ2n) is 6.91. The van der Waals surface area contributed by atoms with Gasteiger partial charge in [0.1, 0.15) is 12.7 Å². The van der Waals surface area contributed by atoms with Gasteiger partial charge in [0.2, 0.25) is 0 Å². The Bertz CT molecular complexity index is 776. The fraction of sp³-hybridized carbons (Fsp3) is 0.611. The highest BCUT2D eigenvalue weighted by molar-refractivity contribution is 8.16. The standard InChI is InChI=1S/C18H26N4O9S/c1-9(2)28-18(26)31-14-13(29-11(4)24)12(7-27-10(3)23)30-15(14)22-8-21-16(19)20-5-6-32-17(22)25/h5-6,8-9,12-16,20H,7,19H2,1-4H3/b6-5+,21-8+/t12-,13+,14-,15-,16?/m1/s1. The van der Waals surface area contributed by atoms with Crippen LogP contribution in [0.5, 0.6) is 0 Å². The number of hydrogen-bond donors (Lipinski definition) is 2. The third-order valence-electron chi connectivity index (χ3n) is 3.94. The minimum Gasteiger partial charge on any atom is -0.463 e. The largest absolute Gasteiger partial charge is 0.509 e. The average molecular weight is 474 g/mol. The van der Waals surface area contributed by atoms with Gasteiger partial charge in [0.25, 0.3) is 5.24 Å². The SMILES string of the molecule is CC(=O)OC[C@H]1O[C@@H](N2/C=N/C(N)N/C=C/SC2=O)[C@H](OC(=O)OC(C)C)[C@H]1OC(C)=O. The van der Waals surface area contributed by atoms with Gasteiger partial charge < -0.3 is 29.0 Å². The van der Waals surface area contributed by atoms with Crippen molar-refractivity contribution in [2.75, 3.05) is 6.61 Å². The Hall–Kier alpha value is -2.84. The zero-order valence-electron chi connectivity index (χ0n) is 18.0. The molecule has 2 rings (SSSR count). The molecule has 0 aromatic rings. The van der Waals surface area contributed by atoms with Gasteiger partial charge in [0.05, 0.1) is 12.4 Å². The molecule has 3 N–H and O–H groups in total. The van der Waals surface area contributed by atoms with E-state index < -0.39 is 60.3 Å². The fourth-order valence-corrected chi connectivity index (χ4v) is 3.29. The lowest BCUT2D eigenvalue weighted by Gasteiger charge is -2.28. The van der Waals surface area contributed by atoms with Crippen molar-refractivity contribution in [1.29, 1.82) is 0 Å². The number of amides is 1. The van der Waals surface area contributed by atoms with Crippen LogP contribution in [0, 0.1) is 0 Å². The van der Waals surface area contributed by atoms with Crippen LogP contribution in [0.15, 0.2) is 16.6 Å². The van der Waals surface area contributed by atoms with Gasteiger partial charge in [-0.2, -0.15) is 0 Å². The molecule has 2 heterocycles. The van der Waals surface area contributed by atoms with E-state index in [2.05, 4.69) is 10.3 Å². The Morgan fingerprint density at radius 2 is 1.97 bits per heavy atom. The normalized spacial score (nSPS) is 29.8. The molecule has 2 aliphatic heterocycles. The summed E-state index contributed by atoms with van der Waals surface area (Å²) in [5, 5.41) is 3.62. The summed E-state index contributed by atoms with van der Waals surface area (Å²) in [5.74, 6) is -1.31. The van der Waals surface area contributed by atoms with Gasteiger partial charge in [-0.05, 0) is 31.0 Å². The predicted octanol–water partition coefficient (Wildman–Crippen LogP) is 0.637. The van der Waals surface area contributed by atoms with Crippen LogP contribution in [0.3, 0.4) is 0 Å². The number of carbonyl (C=O) groups is 4. The van der Waals surface area contributed by atoms with E-state index >= 15 is 0 Å². The lowest BCUT2D eigenvalue weighted by Crippen LogP contribution is -2.49. The molecule has 0 aliphatic carbocycles. The van der Waals surface area contributed by atoms with Crippen LogP contribution < -0.4 is 11.1 Å². The minimum atomic E-state index is -1.32. The number of nitrogens with zero attached hydrogens (tertiary/aromatic N) is 2. The molecule has 5 atom stereocenters. The zero-order valence-corrected chi connectivity index (χ0v) is 18.8. The van der Waals surface area contributed by atoms with Gasteiger partial charge in [-0.1, -0.05) is 0 Å². The Morgan fingerprint density at radius 1 is 1.25 bits per heavy atom. The van der Waals surface area contributed by atoms with Gasteiger partial charge in [0.15, 0.2) is 24.7 Å². The monoisotopic (exact) mass is 474 g/mol. The average Bonchev–Trinajstić information content (AvgIpc) is 3.02. The van der Waals surface area contributed by atoms with Crippen molar-refractivity contribution in [2.24, 2.45) is 10.7 Å². The summed E-state index contributed by atoms with van der Waals surface area (Å²) in [6, 6.07) is 0. The Labute approximate surface area is 188 Å². The van der Waals surface area contributed by atoms with Gasteiger partial charge in [-0.3, -0.25) is 25.0 Å². The van der Waals surface area contributed by atoms with Crippen LogP contribution in [0.2, 0.25) is 0 Å². The summed E-state index contributed by atoms with van der Waals surface area (Å²) in [6.07, 6.45) is -4.74. The van der Waals surface area contributed by atoms with Gasteiger partial charge in [0, 0.05) is 20.0 Å². The first-order valence-corrected chi connectivity index (χ1v) is 10.5. The van der Waals surface area contributed by atoms with E-state index in [1.165, 1.54) is 18.5 Å². The molecule has 1 fully saturated rings. The molecule has 0 spiro atoms. The van der Waals surface area contributed by atoms with Crippen LogP contribution in [0.1, 0.15) is 27.7 Å². The molecule has 178 valence electrons. The number of thioether (sulfide) groups is 1. The summed E-state index contributed by atoms with van der Waals surface area (Å²) >= 11 is 0.781. The second kappa shape index (κ2) is 11.7. The molecule has 0 bridgehead atoms. The van der Waals surface area contributed by atoms with E-state index in [1.54, 1.807) is 13.8 Å². The van der Waals surface area contributed by atoms with Crippen molar-refractivity contribution < 1.29 is 42.9 Å². The molecule has 1 unspecified atom stereocenters. The molecule has 0 aromatic heterocycles. The minimum absolute atomic E-state index is 0.323. The molecule has 0 aromatic carbocycles. The number of rotatable bonds is 6. The maximum Gasteiger partial charge on any atom is 0.509 e. The summed E-state index contributed by atoms with van der Waals surface area (Å²) in [7, 11) is 0. The topological polar surface area (TPSA) is 168 Å². The first kappa shape index (κ1) is 25.4. The third-order valence-corrected chi connectivity index (χ3v) is 4.63. The van der Waals surface area contributed by atoms with Gasteiger partial charge in [-0.25, -0.2) is 9.79 Å². The number of esters is 2. The van der Waals surface area contributed by atoms with E-state index in [1.807, 2.05) is 0 Å². The van der Waals surface area contributed by atoms with Crippen molar-refractivity contribution in [3.8, 4) is 0 Å². The van der Waals surface area contributed by atoms with Crippen molar-refractivity contribution in [1.82, 2.24) is 10.2 Å². The lowest BCUT2D eigenvalue weighted by atomic mass is 10.1. The third kappa shape index (κ3) is 7.39. The zero-order chi connectivity index (χ0) is 23.8. The molecule has 1 saturated heterocycles. The maximum absolute atomic E-state index is 12.8. The van der Waals surface area contributed by atoms with Crippen molar-refractivity contribution in [3.05, 3.63) is 11.6 Å². The summed E-state index contributed by atoms with van der Waals surface area (Å²) in [6.45, 7) is 5.25. The van der Waals surface area contributed by atoms with E-state index in [-0.39, 0.29) is 6.61 Å². The first-order chi connectivity index (χ1) is 15.1. The fourth-order valence-electron chi connectivity index (χ4n) is 2.75. The van der Waals surface area contributed by atoms with Crippen LogP contribution in [-0.4, -0.2) is 78.1 Å². The number of carbonyl (C=O) groups excluding carboxylic acids is 4. The van der Waals surface area contributed by atoms with Crippen LogP contribution in [-0.2, 0) is 33.3 Å². The number of hydrogen-bond acceptors (Lipinski definition) is 13. The smallest absolute Gasteiger partial charge is 0.463 e. The van der Waals surface area contributed by atoms with Crippen molar-refractivity contribution in [2.45, 2.75) is 64.6 Å². The molecule has 2 aliphatic rings. The second-order valence-corrected chi connectivity index (χ2v) is 7.77. The Morgan fingerprint density at radius 3 is 2.59 bits per heavy atom. The molecule has 14 heteroatoms. The molecule has 32 heavy (non-hydrogen) atoms. The highest BCUT2D eigenvalue weighted by Gasteiger charge is 2.53. The number of nitrogens with one attached hydrogen (secondary N) is 1. The van der Waals surface area contributed by atoms with E-state index in [0.29, 0.717) is 0 Å². The first-order valence-electron chi connectivity index (χ1n) is 9.60. The molecular formula is C18H26N4O9S. The number of ether oxygens (including phenoxy) is 5. The van der Waals surface area contributed by atoms with Crippen molar-refractivity contribution in [3.63, 3.8) is 0 Å². The Balaban J connectivity index is 2.40. The van der Waals surface area contributed by atoms with Gasteiger partial charge in [-0.15, -0.1) is 0 Å². The number of nitrogens with two attached hydrogens (primary N) is 1. The summed E-state index contributed by atoms with van der Waals surface area (Å²) in [5.41, 5.74) is 5.77. The predicted molar refractivity (Wildman–Crippen MR) is 111 cm³/mol. The molecule has 0 radical (unpaired) electrons. The molecular weight excluding hydrogens is 448 g/mol. The lowest BCUT2D eigenvalue weighted by molar-refractivity contribution is -0.158. The van der Waals surface area contributed by atoms with E-state index in [9.17, 15) is 19.2 Å². The molecule has 0 saturated carbocycles. The van der Waals surface area contributed by atoms with E-state index in [4.69, 9.17) is 29.4 Å². The quantitative estimate of drug-likeness (QED) is 0.407. The van der Waals surface area contributed by atoms with E-state index in [0.717, 1.165) is 29.9 Å².